The lowest BCUT2D eigenvalue weighted by molar-refractivity contribution is 0.0978. The van der Waals surface area contributed by atoms with E-state index < -0.39 is 11.7 Å². The van der Waals surface area contributed by atoms with E-state index in [0.717, 1.165) is 6.07 Å². The van der Waals surface area contributed by atoms with Gasteiger partial charge in [-0.2, -0.15) is 10.4 Å². The van der Waals surface area contributed by atoms with Crippen LogP contribution in [-0.2, 0) is 13.5 Å². The number of hydrogen-bond donors (Lipinski definition) is 0. The van der Waals surface area contributed by atoms with Crippen molar-refractivity contribution in [3.63, 3.8) is 0 Å². The Kier molecular flexibility index (Phi) is 4.39. The first kappa shape index (κ1) is 15.2. The largest absolute Gasteiger partial charge is 0.292 e. The molecule has 1 unspecified atom stereocenters. The van der Waals surface area contributed by atoms with Crippen molar-refractivity contribution in [2.75, 3.05) is 0 Å². The van der Waals surface area contributed by atoms with Crippen molar-refractivity contribution in [3.05, 3.63) is 52.1 Å². The summed E-state index contributed by atoms with van der Waals surface area (Å²) in [5, 5.41) is 13.6. The smallest absolute Gasteiger partial charge is 0.187 e. The summed E-state index contributed by atoms with van der Waals surface area (Å²) in [5.41, 5.74) is 1.32. The van der Waals surface area contributed by atoms with E-state index in [0.29, 0.717) is 23.2 Å². The highest BCUT2D eigenvalue weighted by Crippen LogP contribution is 2.28. The van der Waals surface area contributed by atoms with Crippen LogP contribution in [0.15, 0.2) is 24.4 Å². The molecule has 2 aromatic rings. The predicted molar refractivity (Wildman–Crippen MR) is 76.7 cm³/mol. The van der Waals surface area contributed by atoms with Crippen molar-refractivity contribution < 1.29 is 9.18 Å². The van der Waals surface area contributed by atoms with Gasteiger partial charge in [0.15, 0.2) is 5.78 Å². The highest BCUT2D eigenvalue weighted by molar-refractivity contribution is 6.31. The van der Waals surface area contributed by atoms with Crippen molar-refractivity contribution >= 4 is 17.4 Å². The molecule has 0 amide bonds. The van der Waals surface area contributed by atoms with Gasteiger partial charge in [0.05, 0.1) is 17.3 Å². The maximum absolute atomic E-state index is 13.1. The highest BCUT2D eigenvalue weighted by Gasteiger charge is 2.27. The molecule has 6 heteroatoms. The van der Waals surface area contributed by atoms with E-state index in [4.69, 9.17) is 11.6 Å². The van der Waals surface area contributed by atoms with Gasteiger partial charge >= 0.3 is 0 Å². The Morgan fingerprint density at radius 1 is 1.57 bits per heavy atom. The zero-order valence-electron chi connectivity index (χ0n) is 11.6. The highest BCUT2D eigenvalue weighted by atomic mass is 35.5. The maximum Gasteiger partial charge on any atom is 0.187 e. The van der Waals surface area contributed by atoms with Crippen LogP contribution in [-0.4, -0.2) is 15.6 Å². The van der Waals surface area contributed by atoms with Gasteiger partial charge in [-0.25, -0.2) is 4.39 Å². The summed E-state index contributed by atoms with van der Waals surface area (Å²) >= 11 is 5.95. The number of Topliss-reactive ketones (excluding diaryl/α,β-unsaturated/α-hetero) is 1. The van der Waals surface area contributed by atoms with E-state index in [-0.39, 0.29) is 10.8 Å². The number of rotatable bonds is 4. The summed E-state index contributed by atoms with van der Waals surface area (Å²) in [6, 6.07) is 5.59. The molecule has 0 aliphatic carbocycles. The number of ketones is 1. The minimum atomic E-state index is -1.08. The maximum atomic E-state index is 13.1. The van der Waals surface area contributed by atoms with Crippen molar-refractivity contribution in [2.24, 2.45) is 7.05 Å². The van der Waals surface area contributed by atoms with Crippen LogP contribution in [0.3, 0.4) is 0 Å². The average Bonchev–Trinajstić information content (AvgIpc) is 2.82. The summed E-state index contributed by atoms with van der Waals surface area (Å²) < 4.78 is 14.6. The third-order valence-electron chi connectivity index (χ3n) is 3.17. The van der Waals surface area contributed by atoms with Crippen LogP contribution in [0.2, 0.25) is 5.02 Å². The molecular weight excluding hydrogens is 293 g/mol. The molecule has 0 radical (unpaired) electrons. The van der Waals surface area contributed by atoms with E-state index in [9.17, 15) is 14.4 Å². The first-order valence-corrected chi connectivity index (χ1v) is 6.77. The Balaban J connectivity index is 2.46. The molecule has 0 aliphatic rings. The molecule has 21 heavy (non-hydrogen) atoms. The second-order valence-corrected chi connectivity index (χ2v) is 5.02. The van der Waals surface area contributed by atoms with E-state index in [1.165, 1.54) is 16.8 Å². The van der Waals surface area contributed by atoms with Gasteiger partial charge in [-0.05, 0) is 24.1 Å². The van der Waals surface area contributed by atoms with E-state index in [1.54, 1.807) is 13.2 Å². The molecular formula is C15H13ClFN3O. The van der Waals surface area contributed by atoms with Crippen LogP contribution in [0.1, 0.15) is 34.5 Å². The molecule has 0 bridgehead atoms. The Bertz CT molecular complexity index is 733. The second-order valence-electron chi connectivity index (χ2n) is 4.61. The number of benzene rings is 1. The number of aryl methyl sites for hydroxylation is 2. The van der Waals surface area contributed by atoms with Gasteiger partial charge < -0.3 is 0 Å². The van der Waals surface area contributed by atoms with E-state index in [2.05, 4.69) is 5.10 Å². The molecule has 0 spiro atoms. The third kappa shape index (κ3) is 2.96. The van der Waals surface area contributed by atoms with Gasteiger partial charge in [-0.15, -0.1) is 0 Å². The zero-order chi connectivity index (χ0) is 15.6. The monoisotopic (exact) mass is 305 g/mol. The Morgan fingerprint density at radius 2 is 2.29 bits per heavy atom. The Morgan fingerprint density at radius 3 is 2.86 bits per heavy atom. The minimum absolute atomic E-state index is 0.0665. The molecule has 0 N–H and O–H groups in total. The van der Waals surface area contributed by atoms with Gasteiger partial charge in [0.2, 0.25) is 0 Å². The number of hydrogen-bond acceptors (Lipinski definition) is 3. The fourth-order valence-corrected chi connectivity index (χ4v) is 2.44. The zero-order valence-corrected chi connectivity index (χ0v) is 12.4. The number of nitriles is 1. The number of nitrogens with zero attached hydrogens (tertiary/aromatic N) is 3. The van der Waals surface area contributed by atoms with Crippen LogP contribution in [0.4, 0.5) is 4.39 Å². The summed E-state index contributed by atoms with van der Waals surface area (Å²) in [7, 11) is 1.71. The quantitative estimate of drug-likeness (QED) is 0.815. The van der Waals surface area contributed by atoms with Crippen molar-refractivity contribution in [1.82, 2.24) is 9.78 Å². The van der Waals surface area contributed by atoms with Crippen molar-refractivity contribution in [1.29, 1.82) is 5.26 Å². The summed E-state index contributed by atoms with van der Waals surface area (Å²) in [6.45, 7) is 1.88. The van der Waals surface area contributed by atoms with Crippen LogP contribution in [0.25, 0.3) is 0 Å². The fourth-order valence-electron chi connectivity index (χ4n) is 2.16. The third-order valence-corrected chi connectivity index (χ3v) is 3.50. The lowest BCUT2D eigenvalue weighted by Crippen LogP contribution is -2.13. The average molecular weight is 306 g/mol. The summed E-state index contributed by atoms with van der Waals surface area (Å²) in [6.07, 6.45) is 2.17. The molecule has 2 rings (SSSR count). The number of halogens is 2. The lowest BCUT2D eigenvalue weighted by atomic mass is 9.91. The first-order valence-electron chi connectivity index (χ1n) is 6.39. The fraction of sp³-hybridized carbons (Fsp3) is 0.267. The molecule has 0 saturated carbocycles. The second kappa shape index (κ2) is 6.06. The molecule has 1 heterocycles. The predicted octanol–water partition coefficient (Wildman–Crippen LogP) is 3.27. The van der Waals surface area contributed by atoms with Crippen LogP contribution in [0.5, 0.6) is 0 Å². The Labute approximate surface area is 126 Å². The molecule has 0 saturated heterocycles. The summed E-state index contributed by atoms with van der Waals surface area (Å²) in [5.74, 6) is -1.97. The molecule has 1 aromatic carbocycles. The Hall–Kier alpha value is -2.19. The standard InChI is InChI=1S/C15H13ClFN3O/c1-3-14-12(8-20(2)19-14)15(21)11(7-18)10-5-4-9(17)6-13(10)16/h4-6,8,11H,3H2,1-2H3. The first-order chi connectivity index (χ1) is 9.97. The van der Waals surface area contributed by atoms with E-state index >= 15 is 0 Å². The number of carbonyl (C=O) groups is 1. The molecule has 1 atom stereocenters. The van der Waals surface area contributed by atoms with Crippen molar-refractivity contribution in [3.8, 4) is 6.07 Å². The molecule has 0 aliphatic heterocycles. The topological polar surface area (TPSA) is 58.7 Å². The van der Waals surface area contributed by atoms with Gasteiger partial charge in [0.25, 0.3) is 0 Å². The van der Waals surface area contributed by atoms with Gasteiger partial charge in [-0.3, -0.25) is 9.48 Å². The van der Waals surface area contributed by atoms with Crippen LogP contribution >= 0.6 is 11.6 Å². The van der Waals surface area contributed by atoms with E-state index in [1.807, 2.05) is 13.0 Å². The minimum Gasteiger partial charge on any atom is -0.292 e. The molecule has 108 valence electrons. The number of aromatic nitrogens is 2. The van der Waals surface area contributed by atoms with Crippen molar-refractivity contribution in [2.45, 2.75) is 19.3 Å². The SMILES string of the molecule is CCc1nn(C)cc1C(=O)C(C#N)c1ccc(F)cc1Cl. The molecule has 0 fully saturated rings. The van der Waals surface area contributed by atoms with Gasteiger partial charge in [0, 0.05) is 18.3 Å². The van der Waals surface area contributed by atoms with Gasteiger partial charge in [0.1, 0.15) is 11.7 Å². The van der Waals surface area contributed by atoms with Crippen LogP contribution in [0, 0.1) is 17.1 Å². The van der Waals surface area contributed by atoms with Crippen LogP contribution < -0.4 is 0 Å². The molecule has 1 aromatic heterocycles. The normalized spacial score (nSPS) is 12.0. The van der Waals surface area contributed by atoms with Gasteiger partial charge in [-0.1, -0.05) is 24.6 Å². The summed E-state index contributed by atoms with van der Waals surface area (Å²) in [4.78, 5) is 12.6. The lowest BCUT2D eigenvalue weighted by Gasteiger charge is -2.10. The number of carbonyl (C=O) groups excluding carboxylic acids is 1. The molecule has 4 nitrogen and oxygen atoms in total.